The Morgan fingerprint density at radius 2 is 1.92 bits per heavy atom. The number of imidazole rings is 1. The Labute approximate surface area is 207 Å². The minimum Gasteiger partial charge on any atom is -0.351 e. The van der Waals surface area contributed by atoms with Gasteiger partial charge in [0, 0.05) is 24.9 Å². The fraction of sp³-hybridized carbons (Fsp3) is 0.375. The van der Waals surface area contributed by atoms with Crippen LogP contribution in [0.1, 0.15) is 55.7 Å². The van der Waals surface area contributed by atoms with E-state index in [1.165, 1.54) is 6.33 Å². The summed E-state index contributed by atoms with van der Waals surface area (Å²) in [6.45, 7) is 7.78. The second kappa shape index (κ2) is 9.02. The van der Waals surface area contributed by atoms with Crippen LogP contribution in [0.15, 0.2) is 47.8 Å². The van der Waals surface area contributed by atoms with Gasteiger partial charge in [0.25, 0.3) is 0 Å². The van der Waals surface area contributed by atoms with Gasteiger partial charge in [-0.3, -0.25) is 0 Å². The highest BCUT2D eigenvalue weighted by molar-refractivity contribution is 5.74. The molecule has 1 aliphatic rings. The zero-order valence-corrected chi connectivity index (χ0v) is 20.4. The van der Waals surface area contributed by atoms with E-state index in [2.05, 4.69) is 54.4 Å². The summed E-state index contributed by atoms with van der Waals surface area (Å²) in [6.07, 6.45) is 8.77. The lowest BCUT2D eigenvalue weighted by molar-refractivity contribution is 0.385. The van der Waals surface area contributed by atoms with Crippen LogP contribution in [0.3, 0.4) is 0 Å². The van der Waals surface area contributed by atoms with Gasteiger partial charge in [0.1, 0.15) is 12.7 Å². The maximum Gasteiger partial charge on any atom is 0.324 e. The van der Waals surface area contributed by atoms with Crippen LogP contribution in [0.2, 0.25) is 0 Å². The maximum atomic E-state index is 5.49. The first kappa shape index (κ1) is 22.1. The molecule has 5 aromatic heterocycles. The molecule has 184 valence electrons. The summed E-state index contributed by atoms with van der Waals surface area (Å²) in [5.41, 5.74) is 4.51. The van der Waals surface area contributed by atoms with Crippen molar-refractivity contribution in [2.24, 2.45) is 0 Å². The highest BCUT2D eigenvalue weighted by Crippen LogP contribution is 2.32. The minimum atomic E-state index is 0.248. The number of fused-ring (bicyclic) bond motifs is 1. The molecule has 0 bridgehead atoms. The summed E-state index contributed by atoms with van der Waals surface area (Å²) in [5, 5.41) is 16.3. The van der Waals surface area contributed by atoms with E-state index >= 15 is 0 Å². The third-order valence-electron chi connectivity index (χ3n) is 6.55. The number of anilines is 3. The average molecular weight is 486 g/mol. The number of pyridine rings is 1. The third kappa shape index (κ3) is 4.04. The zero-order valence-electron chi connectivity index (χ0n) is 20.4. The third-order valence-corrected chi connectivity index (χ3v) is 6.55. The molecule has 0 amide bonds. The zero-order chi connectivity index (χ0) is 24.6. The number of nitrogens with one attached hydrogen (secondary N) is 1. The topological polar surface area (TPSA) is 128 Å². The monoisotopic (exact) mass is 485 g/mol. The second-order valence-electron chi connectivity index (χ2n) is 9.28. The van der Waals surface area contributed by atoms with Crippen LogP contribution < -0.4 is 10.2 Å². The molecule has 12 nitrogen and oxygen atoms in total. The molecule has 36 heavy (non-hydrogen) atoms. The lowest BCUT2D eigenvalue weighted by Crippen LogP contribution is -2.33. The van der Waals surface area contributed by atoms with Crippen LogP contribution in [0.25, 0.3) is 11.5 Å². The smallest absolute Gasteiger partial charge is 0.324 e. The molecule has 0 saturated carbocycles. The SMILES string of the molecule is Cc1nc(-n2cncn2)ccc1Nc1ccnn2c(C3CCN(c4nc(C(C)C)no4)CC3)cnc12. The van der Waals surface area contributed by atoms with Crippen molar-refractivity contribution in [3.05, 3.63) is 60.5 Å². The molecule has 12 heteroatoms. The highest BCUT2D eigenvalue weighted by atomic mass is 16.5. The largest absolute Gasteiger partial charge is 0.351 e. The minimum absolute atomic E-state index is 0.248. The second-order valence-corrected chi connectivity index (χ2v) is 9.28. The molecule has 1 N–H and O–H groups in total. The molecule has 0 radical (unpaired) electrons. The van der Waals surface area contributed by atoms with E-state index in [9.17, 15) is 0 Å². The van der Waals surface area contributed by atoms with Crippen LogP contribution in [0, 0.1) is 6.92 Å². The molecule has 0 spiro atoms. The van der Waals surface area contributed by atoms with E-state index < -0.39 is 0 Å². The predicted octanol–water partition coefficient (Wildman–Crippen LogP) is 3.65. The summed E-state index contributed by atoms with van der Waals surface area (Å²) >= 11 is 0. The molecule has 0 atom stereocenters. The lowest BCUT2D eigenvalue weighted by atomic mass is 9.94. The van der Waals surface area contributed by atoms with Crippen molar-refractivity contribution in [2.45, 2.75) is 45.4 Å². The quantitative estimate of drug-likeness (QED) is 0.380. The molecule has 1 aliphatic heterocycles. The molecular weight excluding hydrogens is 458 g/mol. The van der Waals surface area contributed by atoms with Crippen molar-refractivity contribution in [3.63, 3.8) is 0 Å². The maximum absolute atomic E-state index is 5.49. The summed E-state index contributed by atoms with van der Waals surface area (Å²) in [5.74, 6) is 2.05. The van der Waals surface area contributed by atoms with Crippen LogP contribution in [-0.4, -0.2) is 57.6 Å². The van der Waals surface area contributed by atoms with Crippen molar-refractivity contribution in [1.29, 1.82) is 0 Å². The van der Waals surface area contributed by atoms with Crippen molar-refractivity contribution in [2.75, 3.05) is 23.3 Å². The van der Waals surface area contributed by atoms with E-state index in [0.29, 0.717) is 17.8 Å². The van der Waals surface area contributed by atoms with E-state index in [-0.39, 0.29) is 5.92 Å². The Kier molecular flexibility index (Phi) is 5.55. The van der Waals surface area contributed by atoms with Gasteiger partial charge in [-0.25, -0.2) is 24.1 Å². The summed E-state index contributed by atoms with van der Waals surface area (Å²) < 4.78 is 9.06. The van der Waals surface area contributed by atoms with Crippen molar-refractivity contribution >= 4 is 23.0 Å². The standard InChI is InChI=1S/C24H27N11O/c1-15(2)22-31-24(36-32-22)33-10-7-17(8-11-33)20-12-26-23-19(6-9-27-35(20)23)30-18-4-5-21(29-16(18)3)34-14-25-13-28-34/h4-6,9,12-15,17,30H,7-8,10-11H2,1-3H3. The van der Waals surface area contributed by atoms with Gasteiger partial charge in [0.15, 0.2) is 17.3 Å². The predicted molar refractivity (Wildman–Crippen MR) is 133 cm³/mol. The van der Waals surface area contributed by atoms with Crippen molar-refractivity contribution in [3.8, 4) is 5.82 Å². The van der Waals surface area contributed by atoms with Gasteiger partial charge in [-0.1, -0.05) is 19.0 Å². The van der Waals surface area contributed by atoms with Crippen LogP contribution >= 0.6 is 0 Å². The van der Waals surface area contributed by atoms with Gasteiger partial charge in [-0.05, 0) is 38.0 Å². The van der Waals surface area contributed by atoms with E-state index in [0.717, 1.165) is 60.2 Å². The number of nitrogens with zero attached hydrogens (tertiary/aromatic N) is 10. The molecule has 1 fully saturated rings. The molecule has 6 rings (SSSR count). The molecule has 5 aromatic rings. The Bertz CT molecular complexity index is 1480. The van der Waals surface area contributed by atoms with Gasteiger partial charge in [-0.2, -0.15) is 15.2 Å². The van der Waals surface area contributed by atoms with E-state index in [1.807, 2.05) is 35.8 Å². The van der Waals surface area contributed by atoms with Crippen molar-refractivity contribution < 1.29 is 4.52 Å². The average Bonchev–Trinajstić information content (AvgIpc) is 3.66. The molecule has 0 unspecified atom stereocenters. The molecule has 0 aliphatic carbocycles. The van der Waals surface area contributed by atoms with Gasteiger partial charge >= 0.3 is 6.01 Å². The van der Waals surface area contributed by atoms with Gasteiger partial charge < -0.3 is 14.7 Å². The van der Waals surface area contributed by atoms with Gasteiger partial charge in [-0.15, -0.1) is 0 Å². The first-order valence-corrected chi connectivity index (χ1v) is 12.1. The number of rotatable bonds is 6. The van der Waals surface area contributed by atoms with Gasteiger partial charge in [0.05, 0.1) is 35.2 Å². The number of aromatic nitrogens is 9. The normalized spacial score (nSPS) is 14.7. The number of aryl methyl sites for hydroxylation is 1. The summed E-state index contributed by atoms with van der Waals surface area (Å²) in [4.78, 5) is 20.1. The van der Waals surface area contributed by atoms with Gasteiger partial charge in [0.2, 0.25) is 0 Å². The Hall–Kier alpha value is -4.35. The summed E-state index contributed by atoms with van der Waals surface area (Å²) in [7, 11) is 0. The Morgan fingerprint density at radius 1 is 1.06 bits per heavy atom. The molecule has 6 heterocycles. The fourth-order valence-electron chi connectivity index (χ4n) is 4.52. The highest BCUT2D eigenvalue weighted by Gasteiger charge is 2.27. The van der Waals surface area contributed by atoms with E-state index in [1.54, 1.807) is 17.2 Å². The first-order valence-electron chi connectivity index (χ1n) is 12.1. The van der Waals surface area contributed by atoms with E-state index in [4.69, 9.17) is 9.51 Å². The Morgan fingerprint density at radius 3 is 2.64 bits per heavy atom. The fourth-order valence-corrected chi connectivity index (χ4v) is 4.52. The number of hydrogen-bond donors (Lipinski definition) is 1. The lowest BCUT2D eigenvalue weighted by Gasteiger charge is -2.30. The van der Waals surface area contributed by atoms with Crippen LogP contribution in [-0.2, 0) is 0 Å². The van der Waals surface area contributed by atoms with Crippen LogP contribution in [0.4, 0.5) is 17.4 Å². The summed E-state index contributed by atoms with van der Waals surface area (Å²) in [6, 6.07) is 6.43. The molecule has 1 saturated heterocycles. The van der Waals surface area contributed by atoms with Crippen LogP contribution in [0.5, 0.6) is 0 Å². The Balaban J connectivity index is 1.19. The molecule has 0 aromatic carbocycles. The number of piperidine rings is 1. The number of hydrogen-bond acceptors (Lipinski definition) is 10. The van der Waals surface area contributed by atoms with Crippen molar-refractivity contribution in [1.82, 2.24) is 44.5 Å². The molecular formula is C24H27N11O. The first-order chi connectivity index (χ1) is 17.6.